The lowest BCUT2D eigenvalue weighted by molar-refractivity contribution is 0.101. The van der Waals surface area contributed by atoms with Crippen molar-refractivity contribution in [1.29, 1.82) is 0 Å². The smallest absolute Gasteiger partial charge is 0.186 e. The van der Waals surface area contributed by atoms with Gasteiger partial charge in [0.05, 0.1) is 0 Å². The van der Waals surface area contributed by atoms with Crippen LogP contribution >= 0.6 is 23.2 Å². The van der Waals surface area contributed by atoms with Crippen molar-refractivity contribution in [2.75, 3.05) is 0 Å². The summed E-state index contributed by atoms with van der Waals surface area (Å²) in [6, 6.07) is 8.02. The number of carbonyl (C=O) groups is 2. The van der Waals surface area contributed by atoms with E-state index in [0.717, 1.165) is 0 Å². The molecule has 0 fully saturated rings. The first-order chi connectivity index (χ1) is 12.4. The van der Waals surface area contributed by atoms with Crippen molar-refractivity contribution >= 4 is 40.3 Å². The summed E-state index contributed by atoms with van der Waals surface area (Å²) in [6.07, 6.45) is 1.26. The molecular weight excluding hydrogens is 386 g/mol. The van der Waals surface area contributed by atoms with Crippen LogP contribution in [0.2, 0.25) is 10.0 Å². The Hall–Kier alpha value is -1.97. The number of allylic oxidation sites excluding steroid dienone is 2. The van der Waals surface area contributed by atoms with Gasteiger partial charge in [0.15, 0.2) is 11.6 Å². The van der Waals surface area contributed by atoms with Gasteiger partial charge in [-0.15, -0.1) is 0 Å². The number of Topliss-reactive ketones (excluding diaryl/α,β-unsaturated/α-hetero) is 1. The third-order valence-corrected chi connectivity index (χ3v) is 5.18. The molecule has 2 rings (SSSR count). The standard InChI is InChI=1S/C22H21Cl2FO2/c1-12-8-15(6-7-17(12)14(3)26)21(27)11-18(22(4,5)25)16-9-19(23)13(2)20(24)10-16/h6-11H,1-5H3. The van der Waals surface area contributed by atoms with Gasteiger partial charge in [-0.25, -0.2) is 4.39 Å². The Balaban J connectivity index is 2.55. The van der Waals surface area contributed by atoms with Crippen LogP contribution in [0, 0.1) is 13.8 Å². The van der Waals surface area contributed by atoms with Crippen molar-refractivity contribution in [3.05, 3.63) is 74.3 Å². The predicted molar refractivity (Wildman–Crippen MR) is 110 cm³/mol. The van der Waals surface area contributed by atoms with Gasteiger partial charge in [0.2, 0.25) is 0 Å². The van der Waals surface area contributed by atoms with E-state index in [1.807, 2.05) is 0 Å². The largest absolute Gasteiger partial charge is 0.295 e. The summed E-state index contributed by atoms with van der Waals surface area (Å²) >= 11 is 12.4. The Labute approximate surface area is 169 Å². The summed E-state index contributed by atoms with van der Waals surface area (Å²) in [7, 11) is 0. The molecule has 2 aromatic carbocycles. The van der Waals surface area contributed by atoms with Gasteiger partial charge in [-0.3, -0.25) is 9.59 Å². The van der Waals surface area contributed by atoms with Crippen molar-refractivity contribution in [1.82, 2.24) is 0 Å². The van der Waals surface area contributed by atoms with E-state index >= 15 is 0 Å². The first-order valence-corrected chi connectivity index (χ1v) is 9.20. The van der Waals surface area contributed by atoms with E-state index in [4.69, 9.17) is 23.2 Å². The Morgan fingerprint density at radius 3 is 2.00 bits per heavy atom. The lowest BCUT2D eigenvalue weighted by Crippen LogP contribution is -2.16. The minimum atomic E-state index is -1.79. The molecule has 0 saturated heterocycles. The molecule has 0 atom stereocenters. The fraction of sp³-hybridized carbons (Fsp3) is 0.273. The highest BCUT2D eigenvalue weighted by atomic mass is 35.5. The van der Waals surface area contributed by atoms with Gasteiger partial charge in [-0.2, -0.15) is 0 Å². The minimum Gasteiger partial charge on any atom is -0.295 e. The summed E-state index contributed by atoms with van der Waals surface area (Å²) in [5.41, 5.74) is 1.18. The van der Waals surface area contributed by atoms with Crippen molar-refractivity contribution in [3.8, 4) is 0 Å². The first-order valence-electron chi connectivity index (χ1n) is 8.45. The molecule has 0 N–H and O–H groups in total. The molecule has 0 radical (unpaired) electrons. The maximum atomic E-state index is 14.9. The first kappa shape index (κ1) is 21.3. The van der Waals surface area contributed by atoms with E-state index < -0.39 is 5.67 Å². The third-order valence-electron chi connectivity index (χ3n) is 4.40. The third kappa shape index (κ3) is 4.85. The molecule has 0 saturated carbocycles. The zero-order valence-corrected chi connectivity index (χ0v) is 17.4. The van der Waals surface area contributed by atoms with Gasteiger partial charge >= 0.3 is 0 Å². The van der Waals surface area contributed by atoms with E-state index in [-0.39, 0.29) is 17.1 Å². The monoisotopic (exact) mass is 406 g/mol. The lowest BCUT2D eigenvalue weighted by Gasteiger charge is -2.20. The molecular formula is C22H21Cl2FO2. The van der Waals surface area contributed by atoms with Crippen LogP contribution < -0.4 is 0 Å². The topological polar surface area (TPSA) is 34.1 Å². The summed E-state index contributed by atoms with van der Waals surface area (Å²) in [5, 5.41) is 0.809. The van der Waals surface area contributed by atoms with Gasteiger partial charge in [0.25, 0.3) is 0 Å². The Morgan fingerprint density at radius 1 is 1.00 bits per heavy atom. The average molecular weight is 407 g/mol. The fourth-order valence-electron chi connectivity index (χ4n) is 2.83. The quantitative estimate of drug-likeness (QED) is 0.402. The second-order valence-corrected chi connectivity index (χ2v) is 7.86. The summed E-state index contributed by atoms with van der Waals surface area (Å²) in [5.74, 6) is -0.432. The van der Waals surface area contributed by atoms with Crippen LogP contribution in [0.25, 0.3) is 5.57 Å². The molecule has 0 amide bonds. The van der Waals surface area contributed by atoms with Crippen LogP contribution in [0.1, 0.15) is 58.2 Å². The maximum absolute atomic E-state index is 14.9. The van der Waals surface area contributed by atoms with E-state index in [0.29, 0.717) is 37.9 Å². The number of rotatable bonds is 5. The van der Waals surface area contributed by atoms with E-state index in [1.54, 1.807) is 44.2 Å². The van der Waals surface area contributed by atoms with Gasteiger partial charge in [-0.05, 0) is 81.2 Å². The minimum absolute atomic E-state index is 0.0726. The number of hydrogen-bond acceptors (Lipinski definition) is 2. The molecule has 0 aromatic heterocycles. The Kier molecular flexibility index (Phi) is 6.28. The van der Waals surface area contributed by atoms with E-state index in [2.05, 4.69) is 0 Å². The van der Waals surface area contributed by atoms with Crippen molar-refractivity contribution in [2.45, 2.75) is 40.3 Å². The molecule has 0 unspecified atom stereocenters. The van der Waals surface area contributed by atoms with E-state index in [9.17, 15) is 14.0 Å². The number of ketones is 2. The maximum Gasteiger partial charge on any atom is 0.186 e. The lowest BCUT2D eigenvalue weighted by atomic mass is 9.90. The molecule has 0 bridgehead atoms. The van der Waals surface area contributed by atoms with Crippen molar-refractivity contribution in [2.24, 2.45) is 0 Å². The Morgan fingerprint density at radius 2 is 1.56 bits per heavy atom. The van der Waals surface area contributed by atoms with Crippen LogP contribution in [0.5, 0.6) is 0 Å². The highest BCUT2D eigenvalue weighted by molar-refractivity contribution is 6.36. The zero-order valence-electron chi connectivity index (χ0n) is 15.9. The number of halogens is 3. The van der Waals surface area contributed by atoms with Gasteiger partial charge in [0, 0.05) is 21.2 Å². The zero-order chi connectivity index (χ0) is 20.5. The van der Waals surface area contributed by atoms with Gasteiger partial charge < -0.3 is 0 Å². The summed E-state index contributed by atoms with van der Waals surface area (Å²) in [6.45, 7) is 7.74. The van der Waals surface area contributed by atoms with Crippen LogP contribution in [0.4, 0.5) is 4.39 Å². The van der Waals surface area contributed by atoms with Crippen molar-refractivity contribution < 1.29 is 14.0 Å². The Bertz CT molecular complexity index is 930. The SMILES string of the molecule is CC(=O)c1ccc(C(=O)C=C(c2cc(Cl)c(C)c(Cl)c2)C(C)(C)F)cc1C. The molecule has 27 heavy (non-hydrogen) atoms. The number of alkyl halides is 1. The van der Waals surface area contributed by atoms with Gasteiger partial charge in [-0.1, -0.05) is 35.3 Å². The number of carbonyl (C=O) groups excluding carboxylic acids is 2. The number of aryl methyl sites for hydroxylation is 1. The van der Waals surface area contributed by atoms with Crippen LogP contribution in [-0.4, -0.2) is 17.2 Å². The number of benzene rings is 2. The highest BCUT2D eigenvalue weighted by Gasteiger charge is 2.26. The summed E-state index contributed by atoms with van der Waals surface area (Å²) in [4.78, 5) is 24.3. The van der Waals surface area contributed by atoms with Crippen LogP contribution in [-0.2, 0) is 0 Å². The molecule has 0 heterocycles. The molecule has 2 aromatic rings. The highest BCUT2D eigenvalue weighted by Crippen LogP contribution is 2.35. The van der Waals surface area contributed by atoms with Gasteiger partial charge in [0.1, 0.15) is 5.67 Å². The number of hydrogen-bond donors (Lipinski definition) is 0. The fourth-order valence-corrected chi connectivity index (χ4v) is 3.31. The molecule has 142 valence electrons. The molecule has 0 aliphatic rings. The normalized spacial score (nSPS) is 12.2. The van der Waals surface area contributed by atoms with Crippen LogP contribution in [0.3, 0.4) is 0 Å². The summed E-state index contributed by atoms with van der Waals surface area (Å²) < 4.78 is 14.9. The molecule has 0 aliphatic carbocycles. The molecule has 5 heteroatoms. The second-order valence-electron chi connectivity index (χ2n) is 7.05. The molecule has 2 nitrogen and oxygen atoms in total. The van der Waals surface area contributed by atoms with Crippen LogP contribution in [0.15, 0.2) is 36.4 Å². The molecule has 0 aliphatic heterocycles. The van der Waals surface area contributed by atoms with Crippen molar-refractivity contribution in [3.63, 3.8) is 0 Å². The average Bonchev–Trinajstić information content (AvgIpc) is 2.55. The van der Waals surface area contributed by atoms with E-state index in [1.165, 1.54) is 26.8 Å². The second kappa shape index (κ2) is 7.95. The predicted octanol–water partition coefficient (Wildman–Crippen LogP) is 6.83. The molecule has 0 spiro atoms.